The van der Waals surface area contributed by atoms with Crippen LogP contribution >= 0.6 is 11.6 Å². The Hall–Kier alpha value is -1.47. The van der Waals surface area contributed by atoms with Crippen molar-refractivity contribution in [3.05, 3.63) is 28.8 Å². The number of hydrogen-bond acceptors (Lipinski definition) is 3. The summed E-state index contributed by atoms with van der Waals surface area (Å²) in [6, 6.07) is 2.93. The zero-order valence-corrected chi connectivity index (χ0v) is 12.1. The third kappa shape index (κ3) is 6.22. The first-order chi connectivity index (χ1) is 9.84. The topological polar surface area (TPSA) is 50.4 Å². The normalized spacial score (nSPS) is 11.3. The van der Waals surface area contributed by atoms with Crippen molar-refractivity contribution in [1.82, 2.24) is 5.32 Å². The van der Waals surface area contributed by atoms with Gasteiger partial charge in [-0.3, -0.25) is 4.79 Å². The SMILES string of the molecule is COCCCNC(=O)CNc1ccc(C(F)(F)F)cc1Cl. The fourth-order valence-corrected chi connectivity index (χ4v) is 1.76. The molecule has 0 aliphatic rings. The van der Waals surface area contributed by atoms with Crippen molar-refractivity contribution in [2.75, 3.05) is 32.1 Å². The van der Waals surface area contributed by atoms with Crippen LogP contribution < -0.4 is 10.6 Å². The van der Waals surface area contributed by atoms with E-state index in [1.807, 2.05) is 0 Å². The Kier molecular flexibility index (Phi) is 6.77. The van der Waals surface area contributed by atoms with Gasteiger partial charge in [0.2, 0.25) is 5.91 Å². The Morgan fingerprint density at radius 1 is 1.38 bits per heavy atom. The van der Waals surface area contributed by atoms with E-state index in [1.54, 1.807) is 7.11 Å². The second kappa shape index (κ2) is 8.09. The minimum absolute atomic E-state index is 0.0714. The minimum Gasteiger partial charge on any atom is -0.385 e. The van der Waals surface area contributed by atoms with E-state index < -0.39 is 11.7 Å². The number of carbonyl (C=O) groups excluding carboxylic acids is 1. The molecule has 1 aromatic carbocycles. The zero-order chi connectivity index (χ0) is 15.9. The van der Waals surface area contributed by atoms with Crippen molar-refractivity contribution in [1.29, 1.82) is 0 Å². The van der Waals surface area contributed by atoms with Crippen LogP contribution in [0.15, 0.2) is 18.2 Å². The van der Waals surface area contributed by atoms with Crippen LogP contribution in [0.3, 0.4) is 0 Å². The van der Waals surface area contributed by atoms with Gasteiger partial charge in [-0.25, -0.2) is 0 Å². The molecule has 0 heterocycles. The minimum atomic E-state index is -4.44. The molecule has 0 aromatic heterocycles. The molecule has 4 nitrogen and oxygen atoms in total. The molecule has 21 heavy (non-hydrogen) atoms. The van der Waals surface area contributed by atoms with Crippen LogP contribution in [0.1, 0.15) is 12.0 Å². The van der Waals surface area contributed by atoms with Crippen LogP contribution in [-0.4, -0.2) is 32.7 Å². The monoisotopic (exact) mass is 324 g/mol. The number of anilines is 1. The molecule has 0 saturated heterocycles. The van der Waals surface area contributed by atoms with Gasteiger partial charge >= 0.3 is 6.18 Å². The highest BCUT2D eigenvalue weighted by Gasteiger charge is 2.30. The summed E-state index contributed by atoms with van der Waals surface area (Å²) in [7, 11) is 1.57. The van der Waals surface area contributed by atoms with E-state index in [-0.39, 0.29) is 23.2 Å². The van der Waals surface area contributed by atoms with E-state index in [2.05, 4.69) is 10.6 Å². The molecule has 0 aliphatic carbocycles. The quantitative estimate of drug-likeness (QED) is 0.758. The lowest BCUT2D eigenvalue weighted by atomic mass is 10.2. The number of alkyl halides is 3. The number of rotatable bonds is 7. The summed E-state index contributed by atoms with van der Waals surface area (Å²) in [6.45, 7) is 0.936. The van der Waals surface area contributed by atoms with Gasteiger partial charge in [-0.2, -0.15) is 13.2 Å². The summed E-state index contributed by atoms with van der Waals surface area (Å²) in [5, 5.41) is 5.24. The summed E-state index contributed by atoms with van der Waals surface area (Å²) >= 11 is 5.75. The molecule has 0 radical (unpaired) electrons. The van der Waals surface area contributed by atoms with E-state index in [0.29, 0.717) is 19.6 Å². The predicted molar refractivity (Wildman–Crippen MR) is 74.4 cm³/mol. The van der Waals surface area contributed by atoms with Crippen molar-refractivity contribution < 1.29 is 22.7 Å². The molecule has 2 N–H and O–H groups in total. The molecule has 0 spiro atoms. The van der Waals surface area contributed by atoms with Crippen LogP contribution in [0.5, 0.6) is 0 Å². The zero-order valence-electron chi connectivity index (χ0n) is 11.4. The largest absolute Gasteiger partial charge is 0.416 e. The van der Waals surface area contributed by atoms with E-state index in [0.717, 1.165) is 12.1 Å². The standard InChI is InChI=1S/C13H16ClF3N2O2/c1-21-6-2-5-18-12(20)8-19-11-4-3-9(7-10(11)14)13(15,16)17/h3-4,7,19H,2,5-6,8H2,1H3,(H,18,20). The number of hydrogen-bond donors (Lipinski definition) is 2. The number of nitrogens with one attached hydrogen (secondary N) is 2. The van der Waals surface area contributed by atoms with Crippen molar-refractivity contribution >= 4 is 23.2 Å². The summed E-state index contributed by atoms with van der Waals surface area (Å²) in [4.78, 5) is 11.5. The Morgan fingerprint density at radius 2 is 2.10 bits per heavy atom. The second-order valence-corrected chi connectivity index (χ2v) is 4.65. The summed E-state index contributed by atoms with van der Waals surface area (Å²) in [5.74, 6) is -0.276. The number of benzene rings is 1. The maximum Gasteiger partial charge on any atom is 0.416 e. The Labute approximate surface area is 125 Å². The Morgan fingerprint density at radius 3 is 2.67 bits per heavy atom. The second-order valence-electron chi connectivity index (χ2n) is 4.24. The molecule has 0 saturated carbocycles. The predicted octanol–water partition coefficient (Wildman–Crippen LogP) is 2.92. The van der Waals surface area contributed by atoms with Gasteiger partial charge in [-0.05, 0) is 24.6 Å². The first-order valence-corrected chi connectivity index (χ1v) is 6.58. The van der Waals surface area contributed by atoms with Gasteiger partial charge in [0.25, 0.3) is 0 Å². The van der Waals surface area contributed by atoms with E-state index in [4.69, 9.17) is 16.3 Å². The molecule has 118 valence electrons. The highest BCUT2D eigenvalue weighted by atomic mass is 35.5. The van der Waals surface area contributed by atoms with Gasteiger partial charge in [0, 0.05) is 20.3 Å². The highest BCUT2D eigenvalue weighted by Crippen LogP contribution is 2.33. The lowest BCUT2D eigenvalue weighted by Crippen LogP contribution is -2.31. The average Bonchev–Trinajstić information content (AvgIpc) is 2.41. The molecule has 0 fully saturated rings. The van der Waals surface area contributed by atoms with Crippen molar-refractivity contribution in [2.45, 2.75) is 12.6 Å². The number of methoxy groups -OCH3 is 1. The molecule has 0 aliphatic heterocycles. The summed E-state index contributed by atoms with van der Waals surface area (Å²) in [6.07, 6.45) is -3.76. The van der Waals surface area contributed by atoms with Gasteiger partial charge in [0.15, 0.2) is 0 Å². The van der Waals surface area contributed by atoms with E-state index >= 15 is 0 Å². The third-order valence-corrected chi connectivity index (χ3v) is 2.90. The summed E-state index contributed by atoms with van der Waals surface area (Å²) < 4.78 is 42.2. The van der Waals surface area contributed by atoms with Crippen molar-refractivity contribution in [3.63, 3.8) is 0 Å². The van der Waals surface area contributed by atoms with E-state index in [1.165, 1.54) is 6.07 Å². The Bertz CT molecular complexity index is 481. The first-order valence-electron chi connectivity index (χ1n) is 6.21. The molecule has 1 amide bonds. The molecule has 0 bridgehead atoms. The molecular weight excluding hydrogens is 309 g/mol. The maximum atomic E-state index is 12.5. The van der Waals surface area contributed by atoms with Gasteiger partial charge in [-0.15, -0.1) is 0 Å². The lowest BCUT2D eigenvalue weighted by molar-refractivity contribution is -0.137. The molecule has 8 heteroatoms. The smallest absolute Gasteiger partial charge is 0.385 e. The number of amides is 1. The molecule has 1 aromatic rings. The highest BCUT2D eigenvalue weighted by molar-refractivity contribution is 6.33. The van der Waals surface area contributed by atoms with E-state index in [9.17, 15) is 18.0 Å². The van der Waals surface area contributed by atoms with Crippen molar-refractivity contribution in [2.24, 2.45) is 0 Å². The van der Waals surface area contributed by atoms with Crippen LogP contribution in [0.25, 0.3) is 0 Å². The lowest BCUT2D eigenvalue weighted by Gasteiger charge is -2.12. The van der Waals surface area contributed by atoms with Crippen LogP contribution in [0.4, 0.5) is 18.9 Å². The third-order valence-electron chi connectivity index (χ3n) is 2.58. The number of ether oxygens (including phenoxy) is 1. The fourth-order valence-electron chi connectivity index (χ4n) is 1.52. The van der Waals surface area contributed by atoms with Crippen LogP contribution in [0, 0.1) is 0 Å². The van der Waals surface area contributed by atoms with Gasteiger partial charge in [0.1, 0.15) is 0 Å². The van der Waals surface area contributed by atoms with Crippen LogP contribution in [-0.2, 0) is 15.7 Å². The van der Waals surface area contributed by atoms with Crippen molar-refractivity contribution in [3.8, 4) is 0 Å². The average molecular weight is 325 g/mol. The van der Waals surface area contributed by atoms with Crippen LogP contribution in [0.2, 0.25) is 5.02 Å². The first kappa shape index (κ1) is 17.6. The fraction of sp³-hybridized carbons (Fsp3) is 0.462. The maximum absolute atomic E-state index is 12.5. The Balaban J connectivity index is 2.47. The van der Waals surface area contributed by atoms with Gasteiger partial charge in [0.05, 0.1) is 22.8 Å². The van der Waals surface area contributed by atoms with Gasteiger partial charge in [-0.1, -0.05) is 11.6 Å². The molecule has 1 rings (SSSR count). The number of halogens is 4. The number of carbonyl (C=O) groups is 1. The molecular formula is C13H16ClF3N2O2. The molecule has 0 atom stereocenters. The van der Waals surface area contributed by atoms with Gasteiger partial charge < -0.3 is 15.4 Å². The molecule has 0 unspecified atom stereocenters. The summed E-state index contributed by atoms with van der Waals surface area (Å²) in [5.41, 5.74) is -0.557.